The summed E-state index contributed by atoms with van der Waals surface area (Å²) in [4.78, 5) is 4.27. The van der Waals surface area contributed by atoms with Crippen LogP contribution in [0, 0.1) is 0 Å². The van der Waals surface area contributed by atoms with Crippen LogP contribution in [-0.2, 0) is 6.42 Å². The average Bonchev–Trinajstić information content (AvgIpc) is 2.27. The van der Waals surface area contributed by atoms with Gasteiger partial charge in [0.05, 0.1) is 6.20 Å². The Balaban J connectivity index is 2.51. The van der Waals surface area contributed by atoms with Crippen LogP contribution in [-0.4, -0.2) is 17.6 Å². The molecule has 0 aliphatic heterocycles. The van der Waals surface area contributed by atoms with Crippen LogP contribution in [0.1, 0.15) is 19.5 Å². The van der Waals surface area contributed by atoms with Gasteiger partial charge in [-0.25, -0.2) is 0 Å². The highest BCUT2D eigenvalue weighted by molar-refractivity contribution is 6.25. The Morgan fingerprint density at radius 1 is 1.62 bits per heavy atom. The fourth-order valence-electron chi connectivity index (χ4n) is 1.18. The van der Waals surface area contributed by atoms with Crippen molar-refractivity contribution in [3.05, 3.63) is 35.1 Å². The number of pyridine rings is 1. The van der Waals surface area contributed by atoms with E-state index >= 15 is 0 Å². The first-order valence-corrected chi connectivity index (χ1v) is 5.64. The molecule has 88 valence electrons. The van der Waals surface area contributed by atoms with Crippen LogP contribution in [0.5, 0.6) is 5.75 Å². The molecule has 1 rings (SSSR count). The standard InChI is InChI=1S/C12H17ClN2O/c1-9(6-13)8-16-12-4-3-11(15-7-12)5-10(2)14/h3-4,6-7,10H,5,8,14H2,1-2H3/b9-6+. The van der Waals surface area contributed by atoms with Gasteiger partial charge in [0.25, 0.3) is 0 Å². The summed E-state index contributed by atoms with van der Waals surface area (Å²) in [7, 11) is 0. The van der Waals surface area contributed by atoms with Gasteiger partial charge in [-0.15, -0.1) is 0 Å². The first kappa shape index (κ1) is 13.0. The largest absolute Gasteiger partial charge is 0.488 e. The number of aromatic nitrogens is 1. The van der Waals surface area contributed by atoms with E-state index in [1.807, 2.05) is 26.0 Å². The molecule has 0 saturated carbocycles. The zero-order valence-corrected chi connectivity index (χ0v) is 10.4. The third-order valence-electron chi connectivity index (χ3n) is 1.98. The highest BCUT2D eigenvalue weighted by Crippen LogP contribution is 2.11. The van der Waals surface area contributed by atoms with E-state index < -0.39 is 0 Å². The van der Waals surface area contributed by atoms with Gasteiger partial charge < -0.3 is 10.5 Å². The van der Waals surface area contributed by atoms with Crippen molar-refractivity contribution in [2.24, 2.45) is 5.73 Å². The number of nitrogens with two attached hydrogens (primary N) is 1. The van der Waals surface area contributed by atoms with Crippen molar-refractivity contribution < 1.29 is 4.74 Å². The summed E-state index contributed by atoms with van der Waals surface area (Å²) < 4.78 is 5.47. The SMILES string of the molecule is C/C(=C\Cl)COc1ccc(CC(C)N)nc1. The number of halogens is 1. The van der Waals surface area contributed by atoms with E-state index in [0.29, 0.717) is 6.61 Å². The van der Waals surface area contributed by atoms with Crippen molar-refractivity contribution in [1.29, 1.82) is 0 Å². The van der Waals surface area contributed by atoms with Crippen LogP contribution in [0.25, 0.3) is 0 Å². The Hall–Kier alpha value is -1.06. The molecule has 0 spiro atoms. The van der Waals surface area contributed by atoms with Gasteiger partial charge >= 0.3 is 0 Å². The Morgan fingerprint density at radius 3 is 2.88 bits per heavy atom. The van der Waals surface area contributed by atoms with Gasteiger partial charge in [0, 0.05) is 23.7 Å². The molecule has 0 fully saturated rings. The van der Waals surface area contributed by atoms with Gasteiger partial charge in [0.15, 0.2) is 0 Å². The first-order valence-electron chi connectivity index (χ1n) is 5.21. The summed E-state index contributed by atoms with van der Waals surface area (Å²) >= 11 is 5.53. The number of hydrogen-bond acceptors (Lipinski definition) is 3. The van der Waals surface area contributed by atoms with Gasteiger partial charge in [0.2, 0.25) is 0 Å². The lowest BCUT2D eigenvalue weighted by Crippen LogP contribution is -2.18. The fourth-order valence-corrected chi connectivity index (χ4v) is 1.24. The molecule has 1 heterocycles. The molecule has 4 heteroatoms. The van der Waals surface area contributed by atoms with Gasteiger partial charge in [-0.05, 0) is 31.6 Å². The van der Waals surface area contributed by atoms with E-state index in [1.54, 1.807) is 6.20 Å². The van der Waals surface area contributed by atoms with Crippen LogP contribution >= 0.6 is 11.6 Å². The highest BCUT2D eigenvalue weighted by atomic mass is 35.5. The molecular formula is C12H17ClN2O. The first-order chi connectivity index (χ1) is 7.61. The van der Waals surface area contributed by atoms with Gasteiger partial charge in [-0.1, -0.05) is 11.6 Å². The molecule has 0 aliphatic carbocycles. The average molecular weight is 241 g/mol. The molecule has 0 saturated heterocycles. The summed E-state index contributed by atoms with van der Waals surface area (Å²) in [5.41, 5.74) is 9.15. The predicted molar refractivity (Wildman–Crippen MR) is 66.7 cm³/mol. The summed E-state index contributed by atoms with van der Waals surface area (Å²) in [6, 6.07) is 3.95. The Morgan fingerprint density at radius 2 is 2.38 bits per heavy atom. The molecule has 0 aliphatic rings. The van der Waals surface area contributed by atoms with Crippen molar-refractivity contribution in [2.75, 3.05) is 6.61 Å². The smallest absolute Gasteiger partial charge is 0.138 e. The van der Waals surface area contributed by atoms with Gasteiger partial charge in [-0.3, -0.25) is 4.98 Å². The molecular weight excluding hydrogens is 224 g/mol. The quantitative estimate of drug-likeness (QED) is 0.860. The zero-order chi connectivity index (χ0) is 12.0. The van der Waals surface area contributed by atoms with Crippen LogP contribution in [0.15, 0.2) is 29.4 Å². The van der Waals surface area contributed by atoms with Gasteiger partial charge in [-0.2, -0.15) is 0 Å². The van der Waals surface area contributed by atoms with Crippen LogP contribution in [0.2, 0.25) is 0 Å². The molecule has 1 unspecified atom stereocenters. The monoisotopic (exact) mass is 240 g/mol. The minimum Gasteiger partial charge on any atom is -0.488 e. The maximum atomic E-state index is 5.69. The molecule has 3 nitrogen and oxygen atoms in total. The molecule has 0 amide bonds. The zero-order valence-electron chi connectivity index (χ0n) is 9.61. The van der Waals surface area contributed by atoms with Crippen molar-refractivity contribution in [1.82, 2.24) is 4.98 Å². The second-order valence-corrected chi connectivity index (χ2v) is 4.13. The minimum atomic E-state index is 0.126. The summed E-state index contributed by atoms with van der Waals surface area (Å²) in [6.45, 7) is 4.35. The van der Waals surface area contributed by atoms with E-state index in [-0.39, 0.29) is 6.04 Å². The number of nitrogens with zero attached hydrogens (tertiary/aromatic N) is 1. The van der Waals surface area contributed by atoms with E-state index in [1.165, 1.54) is 5.54 Å². The van der Waals surface area contributed by atoms with Crippen LogP contribution in [0.4, 0.5) is 0 Å². The van der Waals surface area contributed by atoms with E-state index in [2.05, 4.69) is 4.98 Å². The predicted octanol–water partition coefficient (Wildman–Crippen LogP) is 2.49. The lowest BCUT2D eigenvalue weighted by Gasteiger charge is -2.07. The summed E-state index contributed by atoms with van der Waals surface area (Å²) in [6.07, 6.45) is 2.49. The third-order valence-corrected chi connectivity index (χ3v) is 2.35. The molecule has 2 N–H and O–H groups in total. The fraction of sp³-hybridized carbons (Fsp3) is 0.417. The molecule has 16 heavy (non-hydrogen) atoms. The Bertz CT molecular complexity index is 347. The number of rotatable bonds is 5. The number of hydrogen-bond donors (Lipinski definition) is 1. The van der Waals surface area contributed by atoms with Crippen molar-refractivity contribution in [3.63, 3.8) is 0 Å². The van der Waals surface area contributed by atoms with E-state index in [9.17, 15) is 0 Å². The second-order valence-electron chi connectivity index (χ2n) is 3.91. The molecule has 1 atom stereocenters. The van der Waals surface area contributed by atoms with E-state index in [4.69, 9.17) is 22.1 Å². The second kappa shape index (κ2) is 6.51. The van der Waals surface area contributed by atoms with Crippen LogP contribution < -0.4 is 10.5 Å². The van der Waals surface area contributed by atoms with E-state index in [0.717, 1.165) is 23.4 Å². The topological polar surface area (TPSA) is 48.1 Å². The lowest BCUT2D eigenvalue weighted by molar-refractivity contribution is 0.350. The minimum absolute atomic E-state index is 0.126. The number of ether oxygens (including phenoxy) is 1. The normalized spacial score (nSPS) is 13.6. The third kappa shape index (κ3) is 4.64. The summed E-state index contributed by atoms with van der Waals surface area (Å²) in [5, 5.41) is 0. The highest BCUT2D eigenvalue weighted by Gasteiger charge is 2.00. The summed E-state index contributed by atoms with van der Waals surface area (Å²) in [5.74, 6) is 0.742. The maximum absolute atomic E-state index is 5.69. The lowest BCUT2D eigenvalue weighted by atomic mass is 10.2. The molecule has 1 aromatic rings. The Labute approximate surface area is 101 Å². The van der Waals surface area contributed by atoms with Crippen molar-refractivity contribution in [2.45, 2.75) is 26.3 Å². The Kier molecular flexibility index (Phi) is 5.29. The van der Waals surface area contributed by atoms with Crippen molar-refractivity contribution >= 4 is 11.6 Å². The molecule has 0 radical (unpaired) electrons. The molecule has 0 aromatic carbocycles. The molecule has 1 aromatic heterocycles. The molecule has 0 bridgehead atoms. The van der Waals surface area contributed by atoms with Gasteiger partial charge in [0.1, 0.15) is 12.4 Å². The van der Waals surface area contributed by atoms with Crippen LogP contribution in [0.3, 0.4) is 0 Å². The maximum Gasteiger partial charge on any atom is 0.138 e. The van der Waals surface area contributed by atoms with Crippen molar-refractivity contribution in [3.8, 4) is 5.75 Å².